The van der Waals surface area contributed by atoms with Gasteiger partial charge in [0.25, 0.3) is 0 Å². The van der Waals surface area contributed by atoms with Gasteiger partial charge in [-0.3, -0.25) is 4.79 Å². The van der Waals surface area contributed by atoms with Crippen LogP contribution in [-0.2, 0) is 11.3 Å². The van der Waals surface area contributed by atoms with Gasteiger partial charge < -0.3 is 10.6 Å². The van der Waals surface area contributed by atoms with Crippen LogP contribution in [-0.4, -0.2) is 26.1 Å². The van der Waals surface area contributed by atoms with Crippen LogP contribution in [0.3, 0.4) is 0 Å². The van der Waals surface area contributed by atoms with Crippen LogP contribution in [0.25, 0.3) is 0 Å². The molecule has 3 aromatic rings. The molecule has 9 heteroatoms. The summed E-state index contributed by atoms with van der Waals surface area (Å²) in [7, 11) is 0. The molecule has 2 N–H and O–H groups in total. The lowest BCUT2D eigenvalue weighted by atomic mass is 10.2. The van der Waals surface area contributed by atoms with Crippen molar-refractivity contribution in [2.24, 2.45) is 0 Å². The topological polar surface area (TPSA) is 84.7 Å². The van der Waals surface area contributed by atoms with Crippen molar-refractivity contribution in [1.82, 2.24) is 20.2 Å². The maximum atomic E-state index is 13.8. The number of hydrogen-bond acceptors (Lipinski definition) is 5. The minimum absolute atomic E-state index is 0.108. The summed E-state index contributed by atoms with van der Waals surface area (Å²) in [6.07, 6.45) is 1.29. The van der Waals surface area contributed by atoms with E-state index in [0.717, 1.165) is 0 Å². The van der Waals surface area contributed by atoms with E-state index < -0.39 is 17.5 Å². The number of para-hydroxylation sites is 1. The molecule has 0 bridgehead atoms. The van der Waals surface area contributed by atoms with Gasteiger partial charge in [0.05, 0.1) is 17.1 Å². The van der Waals surface area contributed by atoms with Crippen molar-refractivity contribution >= 4 is 23.0 Å². The number of carbonyl (C=O) groups is 1. The Kier molecular flexibility index (Phi) is 4.41. The highest BCUT2D eigenvalue weighted by atomic mass is 19.1. The van der Waals surface area contributed by atoms with E-state index in [1.165, 1.54) is 41.3 Å². The van der Waals surface area contributed by atoms with Crippen molar-refractivity contribution in [3.8, 4) is 0 Å². The third-order valence-electron chi connectivity index (χ3n) is 3.10. The minimum Gasteiger partial charge on any atom is -0.351 e. The summed E-state index contributed by atoms with van der Waals surface area (Å²) in [6, 6.07) is 9.71. The lowest BCUT2D eigenvalue weighted by molar-refractivity contribution is -0.116. The molecule has 0 aliphatic rings. The van der Waals surface area contributed by atoms with Crippen molar-refractivity contribution in [1.29, 1.82) is 0 Å². The Morgan fingerprint density at radius 2 is 1.92 bits per heavy atom. The summed E-state index contributed by atoms with van der Waals surface area (Å²) < 4.78 is 28.5. The highest BCUT2D eigenvalue weighted by Crippen LogP contribution is 2.27. The molecule has 24 heavy (non-hydrogen) atoms. The fraction of sp³-hybridized carbons (Fsp3) is 0.0667. The highest BCUT2D eigenvalue weighted by molar-refractivity contribution is 5.94. The number of carbonyl (C=O) groups excluding carboxylic acids is 1. The Labute approximate surface area is 135 Å². The quantitative estimate of drug-likeness (QED) is 0.750. The minimum atomic E-state index is -0.521. The zero-order valence-electron chi connectivity index (χ0n) is 12.3. The fourth-order valence-electron chi connectivity index (χ4n) is 2.03. The highest BCUT2D eigenvalue weighted by Gasteiger charge is 2.11. The Morgan fingerprint density at radius 3 is 2.67 bits per heavy atom. The predicted molar refractivity (Wildman–Crippen MR) is 82.5 cm³/mol. The zero-order chi connectivity index (χ0) is 16.9. The SMILES string of the molecule is O=C(Cn1cnnn1)Nc1ccc(F)cc1Nc1ccccc1F. The first kappa shape index (κ1) is 15.5. The summed E-state index contributed by atoms with van der Waals surface area (Å²) in [6.45, 7) is -0.108. The Bertz CT molecular complexity index is 853. The van der Waals surface area contributed by atoms with E-state index in [-0.39, 0.29) is 17.9 Å². The van der Waals surface area contributed by atoms with Crippen molar-refractivity contribution in [2.75, 3.05) is 10.6 Å². The van der Waals surface area contributed by atoms with Crippen LogP contribution in [0.5, 0.6) is 0 Å². The van der Waals surface area contributed by atoms with Crippen LogP contribution in [0, 0.1) is 11.6 Å². The molecule has 0 saturated carbocycles. The zero-order valence-corrected chi connectivity index (χ0v) is 12.3. The molecule has 1 amide bonds. The van der Waals surface area contributed by atoms with Gasteiger partial charge in [-0.2, -0.15) is 0 Å². The second-order valence-electron chi connectivity index (χ2n) is 4.85. The molecule has 0 saturated heterocycles. The van der Waals surface area contributed by atoms with Crippen LogP contribution >= 0.6 is 0 Å². The Hall–Kier alpha value is -3.36. The number of nitrogens with one attached hydrogen (secondary N) is 2. The molecule has 3 rings (SSSR count). The number of halogens is 2. The largest absolute Gasteiger partial charge is 0.351 e. The summed E-state index contributed by atoms with van der Waals surface area (Å²) in [5, 5.41) is 15.8. The monoisotopic (exact) mass is 330 g/mol. The third kappa shape index (κ3) is 3.69. The molecule has 0 aliphatic carbocycles. The molecule has 7 nitrogen and oxygen atoms in total. The summed E-state index contributed by atoms with van der Waals surface area (Å²) in [5.74, 6) is -1.43. The average molecular weight is 330 g/mol. The molecule has 122 valence electrons. The Morgan fingerprint density at radius 1 is 1.08 bits per heavy atom. The lowest BCUT2D eigenvalue weighted by Gasteiger charge is -2.14. The molecule has 1 heterocycles. The van der Waals surface area contributed by atoms with Crippen LogP contribution in [0.1, 0.15) is 0 Å². The van der Waals surface area contributed by atoms with E-state index in [1.807, 2.05) is 0 Å². The maximum absolute atomic E-state index is 13.8. The molecule has 2 aromatic carbocycles. The molecule has 0 atom stereocenters. The van der Waals surface area contributed by atoms with Gasteiger partial charge in [-0.15, -0.1) is 5.10 Å². The number of rotatable bonds is 5. The first-order chi connectivity index (χ1) is 11.6. The second kappa shape index (κ2) is 6.82. The first-order valence-corrected chi connectivity index (χ1v) is 6.93. The number of nitrogens with zero attached hydrogens (tertiary/aromatic N) is 4. The fourth-order valence-corrected chi connectivity index (χ4v) is 2.03. The van der Waals surface area contributed by atoms with E-state index in [4.69, 9.17) is 0 Å². The van der Waals surface area contributed by atoms with E-state index in [2.05, 4.69) is 26.2 Å². The van der Waals surface area contributed by atoms with Gasteiger partial charge in [0.2, 0.25) is 5.91 Å². The number of anilines is 3. The van der Waals surface area contributed by atoms with Gasteiger partial charge in [0.15, 0.2) is 0 Å². The van der Waals surface area contributed by atoms with Crippen molar-refractivity contribution in [3.05, 3.63) is 60.4 Å². The van der Waals surface area contributed by atoms with Crippen molar-refractivity contribution in [2.45, 2.75) is 6.54 Å². The molecule has 0 fully saturated rings. The Balaban J connectivity index is 1.80. The average Bonchev–Trinajstić information content (AvgIpc) is 3.05. The normalized spacial score (nSPS) is 10.4. The number of hydrogen-bond donors (Lipinski definition) is 2. The molecular weight excluding hydrogens is 318 g/mol. The maximum Gasteiger partial charge on any atom is 0.246 e. The molecular formula is C15H12F2N6O. The standard InChI is InChI=1S/C15H12F2N6O/c16-10-5-6-13(20-15(24)8-23-9-18-21-22-23)14(7-10)19-12-4-2-1-3-11(12)17/h1-7,9,19H,8H2,(H,20,24). The molecule has 0 aliphatic heterocycles. The van der Waals surface area contributed by atoms with E-state index in [9.17, 15) is 13.6 Å². The van der Waals surface area contributed by atoms with Crippen LogP contribution < -0.4 is 10.6 Å². The molecule has 0 radical (unpaired) electrons. The number of amides is 1. The summed E-state index contributed by atoms with van der Waals surface area (Å²) >= 11 is 0. The van der Waals surface area contributed by atoms with E-state index in [0.29, 0.717) is 5.69 Å². The van der Waals surface area contributed by atoms with Gasteiger partial charge >= 0.3 is 0 Å². The number of tetrazole rings is 1. The first-order valence-electron chi connectivity index (χ1n) is 6.93. The van der Waals surface area contributed by atoms with Crippen LogP contribution in [0.15, 0.2) is 48.8 Å². The lowest BCUT2D eigenvalue weighted by Crippen LogP contribution is -2.19. The van der Waals surface area contributed by atoms with Crippen molar-refractivity contribution < 1.29 is 13.6 Å². The van der Waals surface area contributed by atoms with E-state index in [1.54, 1.807) is 12.1 Å². The van der Waals surface area contributed by atoms with E-state index >= 15 is 0 Å². The smallest absolute Gasteiger partial charge is 0.246 e. The molecule has 1 aromatic heterocycles. The van der Waals surface area contributed by atoms with Crippen molar-refractivity contribution in [3.63, 3.8) is 0 Å². The third-order valence-corrected chi connectivity index (χ3v) is 3.10. The van der Waals surface area contributed by atoms with Gasteiger partial charge in [-0.1, -0.05) is 12.1 Å². The second-order valence-corrected chi connectivity index (χ2v) is 4.85. The van der Waals surface area contributed by atoms with Crippen LogP contribution in [0.4, 0.5) is 25.8 Å². The molecule has 0 spiro atoms. The number of benzene rings is 2. The van der Waals surface area contributed by atoms with Gasteiger partial charge in [-0.25, -0.2) is 13.5 Å². The summed E-state index contributed by atoms with van der Waals surface area (Å²) in [4.78, 5) is 12.0. The van der Waals surface area contributed by atoms with Crippen LogP contribution in [0.2, 0.25) is 0 Å². The number of aromatic nitrogens is 4. The molecule has 0 unspecified atom stereocenters. The van der Waals surface area contributed by atoms with Gasteiger partial charge in [0.1, 0.15) is 24.5 Å². The van der Waals surface area contributed by atoms with Gasteiger partial charge in [0, 0.05) is 0 Å². The van der Waals surface area contributed by atoms with Gasteiger partial charge in [-0.05, 0) is 40.8 Å². The summed E-state index contributed by atoms with van der Waals surface area (Å²) in [5.41, 5.74) is 0.696. The predicted octanol–water partition coefficient (Wildman–Crippen LogP) is 2.33.